The molecule has 12 rings (SSSR count). The number of esters is 1. The zero-order valence-corrected chi connectivity index (χ0v) is 38.7. The average molecular weight is 904 g/mol. The van der Waals surface area contributed by atoms with E-state index in [9.17, 15) is 14.7 Å². The average Bonchev–Trinajstić information content (AvgIpc) is 4.08. The summed E-state index contributed by atoms with van der Waals surface area (Å²) < 4.78 is 14.6. The molecule has 65 heavy (non-hydrogen) atoms. The number of nitrogens with zero attached hydrogens (tertiary/aromatic N) is 4. The Morgan fingerprint density at radius 3 is 1.46 bits per heavy atom. The first kappa shape index (κ1) is 45.3. The van der Waals surface area contributed by atoms with Crippen molar-refractivity contribution in [3.05, 3.63) is 117 Å². The number of carbonyl (C=O) groups excluding carboxylic acids is 1. The Morgan fingerprint density at radius 1 is 0.569 bits per heavy atom. The Bertz CT molecular complexity index is 3130. The van der Waals surface area contributed by atoms with Crippen molar-refractivity contribution >= 4 is 78.8 Å². The Kier molecular flexibility index (Phi) is 12.8. The van der Waals surface area contributed by atoms with Crippen molar-refractivity contribution in [2.45, 2.75) is 115 Å². The number of methoxy groups -OCH3 is 1. The van der Waals surface area contributed by atoms with E-state index in [1.807, 2.05) is 36.4 Å². The molecule has 8 aromatic rings. The number of carboxylic acids is 1. The largest absolute Gasteiger partial charge is 1.00 e. The van der Waals surface area contributed by atoms with E-state index in [0.717, 1.165) is 70.9 Å². The van der Waals surface area contributed by atoms with Gasteiger partial charge in [-0.15, -0.1) is 0 Å². The van der Waals surface area contributed by atoms with E-state index in [2.05, 4.69) is 61.0 Å². The summed E-state index contributed by atoms with van der Waals surface area (Å²) in [6.07, 6.45) is 18.9. The van der Waals surface area contributed by atoms with Crippen LogP contribution in [0.25, 0.3) is 66.1 Å². The second-order valence-electron chi connectivity index (χ2n) is 18.2. The molecule has 2 fully saturated rings. The number of hydrogen-bond donors (Lipinski definition) is 1. The maximum atomic E-state index is 12.3. The molecule has 4 aromatic carbocycles. The SMILES string of the molecule is COC(=O)c1ccc2c(C3CCCCC3)c3n(c2c1)CCCn1ccc2c(Cl)ccc-3c21.O=C(O)c1ccc2c(C3CCCCC3)c3n(c2c1)CCCn1ccc2c(Cl)ccc-3c21.[Li+].[OH-]. The molecule has 2 aliphatic carbocycles. The van der Waals surface area contributed by atoms with E-state index in [1.54, 1.807) is 6.07 Å². The van der Waals surface area contributed by atoms with Crippen LogP contribution in [0.4, 0.5) is 0 Å². The minimum atomic E-state index is -0.870. The molecule has 330 valence electrons. The van der Waals surface area contributed by atoms with Crippen LogP contribution in [0.15, 0.2) is 85.2 Å². The summed E-state index contributed by atoms with van der Waals surface area (Å²) in [5.41, 5.74) is 13.5. The topological polar surface area (TPSA) is 113 Å². The molecular formula is C53H53Cl2LiN4O5. The fraction of sp³-hybridized carbons (Fsp3) is 0.358. The van der Waals surface area contributed by atoms with E-state index in [-0.39, 0.29) is 30.3 Å². The smallest absolute Gasteiger partial charge is 0.870 e. The van der Waals surface area contributed by atoms with Gasteiger partial charge >= 0.3 is 30.8 Å². The van der Waals surface area contributed by atoms with E-state index >= 15 is 0 Å². The van der Waals surface area contributed by atoms with Gasteiger partial charge in [-0.2, -0.15) is 0 Å². The molecule has 2 aliphatic heterocycles. The Morgan fingerprint density at radius 2 is 1.02 bits per heavy atom. The second kappa shape index (κ2) is 18.4. The van der Waals surface area contributed by atoms with Crippen LogP contribution in [0, 0.1) is 0 Å². The van der Waals surface area contributed by atoms with E-state index in [4.69, 9.17) is 27.9 Å². The van der Waals surface area contributed by atoms with Crippen LogP contribution in [0.3, 0.4) is 0 Å². The van der Waals surface area contributed by atoms with Crippen molar-refractivity contribution in [1.82, 2.24) is 18.3 Å². The van der Waals surface area contributed by atoms with Gasteiger partial charge in [0.1, 0.15) is 0 Å². The van der Waals surface area contributed by atoms with Gasteiger partial charge in [-0.05, 0) is 122 Å². The van der Waals surface area contributed by atoms with Crippen LogP contribution in [0.1, 0.15) is 121 Å². The Balaban J connectivity index is 0.000000159. The first-order chi connectivity index (χ1) is 30.8. The molecule has 12 heteroatoms. The monoisotopic (exact) mass is 902 g/mol. The number of fused-ring (bicyclic) bond motifs is 8. The van der Waals surface area contributed by atoms with Gasteiger partial charge < -0.3 is 33.6 Å². The standard InChI is InChI=1S/C27H27ClN2O2.C26H25ClN2O2.Li.H2O/c1-32-27(31)18-8-9-20-23(16-18)30-14-5-13-29-15-12-19-22(28)11-10-21(25(19)29)26(30)24(20)17-6-3-2-4-7-17;27-21-10-9-20-24-18(21)11-14-28(24)12-4-13-29-22-15-17(26(30)31)7-8-19(22)23(25(20)29)16-5-2-1-3-6-16;;/h8-12,15-17H,2-7,13-14H2,1H3;7-11,14-16H,1-6,12-13H2,(H,30,31);;1H2/q;;+1;/p-1. The van der Waals surface area contributed by atoms with E-state index < -0.39 is 5.97 Å². The molecule has 0 radical (unpaired) electrons. The van der Waals surface area contributed by atoms with Gasteiger partial charge in [0.25, 0.3) is 0 Å². The molecule has 0 atom stereocenters. The van der Waals surface area contributed by atoms with Gasteiger partial charge in [0.2, 0.25) is 0 Å². The Hall–Kier alpha value is -4.88. The molecule has 4 aliphatic rings. The number of aromatic nitrogens is 4. The van der Waals surface area contributed by atoms with Crippen LogP contribution in [0.2, 0.25) is 10.0 Å². The zero-order chi connectivity index (χ0) is 42.9. The quantitative estimate of drug-likeness (QED) is 0.140. The van der Waals surface area contributed by atoms with Crippen molar-refractivity contribution in [3.8, 4) is 22.5 Å². The van der Waals surface area contributed by atoms with Crippen LogP contribution in [0.5, 0.6) is 0 Å². The van der Waals surface area contributed by atoms with Crippen LogP contribution >= 0.6 is 23.2 Å². The summed E-state index contributed by atoms with van der Waals surface area (Å²) in [5, 5.41) is 15.9. The summed E-state index contributed by atoms with van der Waals surface area (Å²) >= 11 is 13.2. The number of rotatable bonds is 4. The summed E-state index contributed by atoms with van der Waals surface area (Å²) in [6.45, 7) is 3.67. The Labute approximate surface area is 400 Å². The number of carboxylic acid groups (broad SMARTS) is 1. The van der Waals surface area contributed by atoms with Gasteiger partial charge in [-0.25, -0.2) is 9.59 Å². The molecule has 0 amide bonds. The minimum absolute atomic E-state index is 0. The van der Waals surface area contributed by atoms with Gasteiger partial charge in [0.15, 0.2) is 0 Å². The van der Waals surface area contributed by atoms with Gasteiger partial charge in [-0.3, -0.25) is 0 Å². The number of aryl methyl sites for hydroxylation is 4. The van der Waals surface area contributed by atoms with Crippen LogP contribution in [-0.4, -0.2) is 47.9 Å². The van der Waals surface area contributed by atoms with Crippen LogP contribution in [-0.2, 0) is 30.9 Å². The maximum Gasteiger partial charge on any atom is 1.00 e. The predicted molar refractivity (Wildman–Crippen MR) is 257 cm³/mol. The third-order valence-electron chi connectivity index (χ3n) is 14.7. The second-order valence-corrected chi connectivity index (χ2v) is 19.0. The molecule has 2 N–H and O–H groups in total. The van der Waals surface area contributed by atoms with Crippen molar-refractivity contribution in [3.63, 3.8) is 0 Å². The molecule has 0 saturated heterocycles. The molecule has 2 saturated carbocycles. The fourth-order valence-corrected chi connectivity index (χ4v) is 12.3. The van der Waals surface area contributed by atoms with Gasteiger partial charge in [0, 0.05) is 92.3 Å². The minimum Gasteiger partial charge on any atom is -0.870 e. The number of carbonyl (C=O) groups is 2. The number of halogens is 2. The molecule has 0 bridgehead atoms. The summed E-state index contributed by atoms with van der Waals surface area (Å²) in [7, 11) is 1.45. The summed E-state index contributed by atoms with van der Waals surface area (Å²) in [4.78, 5) is 24.1. The fourth-order valence-electron chi connectivity index (χ4n) is 11.9. The van der Waals surface area contributed by atoms with Gasteiger partial charge in [-0.1, -0.05) is 73.9 Å². The van der Waals surface area contributed by atoms with E-state index in [1.165, 1.54) is 127 Å². The third kappa shape index (κ3) is 7.62. The third-order valence-corrected chi connectivity index (χ3v) is 15.4. The predicted octanol–water partition coefficient (Wildman–Crippen LogP) is 11.0. The molecule has 6 heterocycles. The van der Waals surface area contributed by atoms with Crippen molar-refractivity contribution < 1.29 is 43.8 Å². The van der Waals surface area contributed by atoms with Crippen molar-refractivity contribution in [2.75, 3.05) is 7.11 Å². The number of aromatic carboxylic acids is 1. The summed E-state index contributed by atoms with van der Waals surface area (Å²) in [6, 6.07) is 24.5. The number of ether oxygens (including phenoxy) is 1. The van der Waals surface area contributed by atoms with E-state index in [0.29, 0.717) is 23.0 Å². The number of benzene rings is 4. The molecular weight excluding hydrogens is 850 g/mol. The van der Waals surface area contributed by atoms with Crippen LogP contribution < -0.4 is 18.9 Å². The first-order valence-electron chi connectivity index (χ1n) is 23.0. The molecule has 9 nitrogen and oxygen atoms in total. The number of hydrogen-bond acceptors (Lipinski definition) is 4. The van der Waals surface area contributed by atoms with Crippen molar-refractivity contribution in [2.24, 2.45) is 0 Å². The summed E-state index contributed by atoms with van der Waals surface area (Å²) in [5.74, 6) is -0.0997. The van der Waals surface area contributed by atoms with Crippen molar-refractivity contribution in [1.29, 1.82) is 0 Å². The molecule has 0 spiro atoms. The zero-order valence-electron chi connectivity index (χ0n) is 37.2. The maximum absolute atomic E-state index is 12.3. The first-order valence-corrected chi connectivity index (χ1v) is 23.8. The van der Waals surface area contributed by atoms with Gasteiger partial charge in [0.05, 0.1) is 40.7 Å². The normalized spacial score (nSPS) is 16.3. The molecule has 4 aromatic heterocycles. The molecule has 0 unspecified atom stereocenters.